The number of thiophene rings is 1. The van der Waals surface area contributed by atoms with Crippen LogP contribution in [-0.4, -0.2) is 17.5 Å². The summed E-state index contributed by atoms with van der Waals surface area (Å²) in [6, 6.07) is 4.83. The van der Waals surface area contributed by atoms with E-state index >= 15 is 0 Å². The third kappa shape index (κ3) is 4.33. The van der Waals surface area contributed by atoms with Crippen molar-refractivity contribution in [2.24, 2.45) is 0 Å². The third-order valence-corrected chi connectivity index (χ3v) is 3.90. The molecule has 0 amide bonds. The molecule has 1 aromatic heterocycles. The fourth-order valence-corrected chi connectivity index (χ4v) is 2.83. The van der Waals surface area contributed by atoms with E-state index in [0.29, 0.717) is 12.5 Å². The smallest absolute Gasteiger partial charge is 0.0635 e. The number of nitriles is 1. The fraction of sp³-hybridized carbons (Fsp3) is 0.545. The number of nitrogens with zero attached hydrogens (tertiary/aromatic N) is 2. The van der Waals surface area contributed by atoms with Gasteiger partial charge in [-0.1, -0.05) is 0 Å². The summed E-state index contributed by atoms with van der Waals surface area (Å²) in [4.78, 5) is 3.66. The van der Waals surface area contributed by atoms with Crippen LogP contribution in [0.4, 0.5) is 0 Å². The molecule has 2 nitrogen and oxygen atoms in total. The summed E-state index contributed by atoms with van der Waals surface area (Å²) in [5, 5.41) is 10.7. The first-order valence-corrected chi connectivity index (χ1v) is 6.64. The van der Waals surface area contributed by atoms with Crippen molar-refractivity contribution in [3.63, 3.8) is 0 Å². The monoisotopic (exact) mass is 286 g/mol. The summed E-state index contributed by atoms with van der Waals surface area (Å²) in [6.45, 7) is 6.12. The Bertz CT molecular complexity index is 341. The summed E-state index contributed by atoms with van der Waals surface area (Å²) in [5.74, 6) is 0. The van der Waals surface area contributed by atoms with Crippen molar-refractivity contribution in [1.82, 2.24) is 4.90 Å². The van der Waals surface area contributed by atoms with Gasteiger partial charge >= 0.3 is 0 Å². The standard InChI is InChI=1S/C11H15BrN2S/c1-9(2)14(5-3-4-13)7-11-6-10(12)8-15-11/h6,8-9H,3,5,7H2,1-2H3. The van der Waals surface area contributed by atoms with Crippen LogP contribution in [0.3, 0.4) is 0 Å². The number of hydrogen-bond donors (Lipinski definition) is 0. The second-order valence-electron chi connectivity index (χ2n) is 3.70. The van der Waals surface area contributed by atoms with E-state index in [0.717, 1.165) is 17.6 Å². The zero-order chi connectivity index (χ0) is 11.3. The van der Waals surface area contributed by atoms with Crippen molar-refractivity contribution in [3.8, 4) is 6.07 Å². The van der Waals surface area contributed by atoms with Crippen LogP contribution < -0.4 is 0 Å². The largest absolute Gasteiger partial charge is 0.295 e. The summed E-state index contributed by atoms with van der Waals surface area (Å²) in [5.41, 5.74) is 0. The van der Waals surface area contributed by atoms with Crippen LogP contribution in [0, 0.1) is 11.3 Å². The first kappa shape index (κ1) is 12.7. The van der Waals surface area contributed by atoms with Gasteiger partial charge in [-0.15, -0.1) is 11.3 Å². The van der Waals surface area contributed by atoms with E-state index in [4.69, 9.17) is 5.26 Å². The average molecular weight is 287 g/mol. The van der Waals surface area contributed by atoms with Gasteiger partial charge in [-0.25, -0.2) is 0 Å². The maximum absolute atomic E-state index is 8.59. The lowest BCUT2D eigenvalue weighted by Crippen LogP contribution is -2.30. The highest BCUT2D eigenvalue weighted by Gasteiger charge is 2.10. The number of rotatable bonds is 5. The zero-order valence-electron chi connectivity index (χ0n) is 9.03. The van der Waals surface area contributed by atoms with Gasteiger partial charge in [0.15, 0.2) is 0 Å². The van der Waals surface area contributed by atoms with E-state index in [2.05, 4.69) is 52.2 Å². The molecule has 1 aromatic rings. The molecule has 0 aliphatic rings. The van der Waals surface area contributed by atoms with Crippen molar-refractivity contribution in [3.05, 3.63) is 20.8 Å². The van der Waals surface area contributed by atoms with Crippen LogP contribution in [0.2, 0.25) is 0 Å². The Balaban J connectivity index is 2.55. The Kier molecular flexibility index (Phi) is 5.30. The lowest BCUT2D eigenvalue weighted by Gasteiger charge is -2.24. The van der Waals surface area contributed by atoms with E-state index in [-0.39, 0.29) is 0 Å². The van der Waals surface area contributed by atoms with Gasteiger partial charge in [0, 0.05) is 40.3 Å². The Morgan fingerprint density at radius 3 is 2.80 bits per heavy atom. The van der Waals surface area contributed by atoms with Crippen molar-refractivity contribution in [2.75, 3.05) is 6.54 Å². The van der Waals surface area contributed by atoms with Crippen LogP contribution in [-0.2, 0) is 6.54 Å². The minimum absolute atomic E-state index is 0.485. The van der Waals surface area contributed by atoms with Crippen LogP contribution in [0.15, 0.2) is 15.9 Å². The van der Waals surface area contributed by atoms with Gasteiger partial charge in [0.1, 0.15) is 0 Å². The van der Waals surface area contributed by atoms with Crippen molar-refractivity contribution < 1.29 is 0 Å². The molecule has 0 N–H and O–H groups in total. The molecule has 0 radical (unpaired) electrons. The Morgan fingerprint density at radius 2 is 2.33 bits per heavy atom. The van der Waals surface area contributed by atoms with Crippen LogP contribution >= 0.6 is 27.3 Å². The number of hydrogen-bond acceptors (Lipinski definition) is 3. The molecular formula is C11H15BrN2S. The van der Waals surface area contributed by atoms with Crippen molar-refractivity contribution >= 4 is 27.3 Å². The molecule has 0 saturated heterocycles. The van der Waals surface area contributed by atoms with Gasteiger partial charge in [-0.05, 0) is 35.8 Å². The molecule has 0 unspecified atom stereocenters. The van der Waals surface area contributed by atoms with Crippen LogP contribution in [0.25, 0.3) is 0 Å². The predicted octanol–water partition coefficient (Wildman–Crippen LogP) is 3.63. The normalized spacial score (nSPS) is 10.9. The van der Waals surface area contributed by atoms with E-state index in [1.54, 1.807) is 11.3 Å². The van der Waals surface area contributed by atoms with Gasteiger partial charge in [0.05, 0.1) is 6.07 Å². The number of halogens is 1. The van der Waals surface area contributed by atoms with E-state index in [1.165, 1.54) is 4.88 Å². The quantitative estimate of drug-likeness (QED) is 0.826. The van der Waals surface area contributed by atoms with Gasteiger partial charge in [0.2, 0.25) is 0 Å². The highest BCUT2D eigenvalue weighted by molar-refractivity contribution is 9.10. The topological polar surface area (TPSA) is 27.0 Å². The molecule has 0 saturated carbocycles. The van der Waals surface area contributed by atoms with Crippen molar-refractivity contribution in [1.29, 1.82) is 5.26 Å². The molecule has 15 heavy (non-hydrogen) atoms. The van der Waals surface area contributed by atoms with E-state index in [9.17, 15) is 0 Å². The van der Waals surface area contributed by atoms with E-state index in [1.807, 2.05) is 0 Å². The summed E-state index contributed by atoms with van der Waals surface area (Å²) in [7, 11) is 0. The highest BCUT2D eigenvalue weighted by Crippen LogP contribution is 2.21. The lowest BCUT2D eigenvalue weighted by atomic mass is 10.2. The second-order valence-corrected chi connectivity index (χ2v) is 5.62. The van der Waals surface area contributed by atoms with Crippen molar-refractivity contribution in [2.45, 2.75) is 32.9 Å². The van der Waals surface area contributed by atoms with Crippen LogP contribution in [0.1, 0.15) is 25.1 Å². The molecule has 1 rings (SSSR count). The Hall–Kier alpha value is -0.370. The maximum atomic E-state index is 8.59. The van der Waals surface area contributed by atoms with Gasteiger partial charge < -0.3 is 0 Å². The van der Waals surface area contributed by atoms with Gasteiger partial charge in [-0.3, -0.25) is 4.90 Å². The average Bonchev–Trinajstić information content (AvgIpc) is 2.58. The van der Waals surface area contributed by atoms with Gasteiger partial charge in [0.25, 0.3) is 0 Å². The molecule has 0 atom stereocenters. The molecule has 0 aliphatic heterocycles. The minimum atomic E-state index is 0.485. The lowest BCUT2D eigenvalue weighted by molar-refractivity contribution is 0.220. The van der Waals surface area contributed by atoms with E-state index < -0.39 is 0 Å². The molecule has 0 aliphatic carbocycles. The maximum Gasteiger partial charge on any atom is 0.0635 e. The molecular weight excluding hydrogens is 272 g/mol. The van der Waals surface area contributed by atoms with Gasteiger partial charge in [-0.2, -0.15) is 5.26 Å². The minimum Gasteiger partial charge on any atom is -0.295 e. The first-order valence-electron chi connectivity index (χ1n) is 4.97. The molecule has 82 valence electrons. The molecule has 4 heteroatoms. The van der Waals surface area contributed by atoms with Crippen LogP contribution in [0.5, 0.6) is 0 Å². The zero-order valence-corrected chi connectivity index (χ0v) is 11.4. The summed E-state index contributed by atoms with van der Waals surface area (Å²) < 4.78 is 1.14. The predicted molar refractivity (Wildman–Crippen MR) is 67.8 cm³/mol. The Morgan fingerprint density at radius 1 is 1.60 bits per heavy atom. The molecule has 0 spiro atoms. The third-order valence-electron chi connectivity index (χ3n) is 2.22. The first-order chi connectivity index (χ1) is 7.13. The molecule has 0 aromatic carbocycles. The summed E-state index contributed by atoms with van der Waals surface area (Å²) >= 11 is 5.21. The molecule has 0 fully saturated rings. The second kappa shape index (κ2) is 6.26. The summed E-state index contributed by atoms with van der Waals surface area (Å²) in [6.07, 6.45) is 0.602. The SMILES string of the molecule is CC(C)N(CCC#N)Cc1cc(Br)cs1. The molecule has 0 bridgehead atoms. The fourth-order valence-electron chi connectivity index (χ4n) is 1.35. The Labute approximate surface area is 104 Å². The molecule has 1 heterocycles. The highest BCUT2D eigenvalue weighted by atomic mass is 79.9.